The lowest BCUT2D eigenvalue weighted by Crippen LogP contribution is -2.08. The van der Waals surface area contributed by atoms with Crippen LogP contribution in [0, 0.1) is 0 Å². The lowest BCUT2D eigenvalue weighted by atomic mass is 10.1. The zero-order valence-corrected chi connectivity index (χ0v) is 17.3. The van der Waals surface area contributed by atoms with E-state index in [1.165, 1.54) is 31.4 Å². The maximum Gasteiger partial charge on any atom is 0.387 e. The average Bonchev–Trinajstić information content (AvgIpc) is 3.15. The molecule has 0 aliphatic rings. The average molecular weight is 446 g/mol. The monoisotopic (exact) mass is 446 g/mol. The summed E-state index contributed by atoms with van der Waals surface area (Å²) in [5.41, 5.74) is 1.37. The molecule has 3 aromatic rings. The second kappa shape index (κ2) is 10.4. The molecule has 0 atom stereocenters. The minimum absolute atomic E-state index is 0.0239. The fraction of sp³-hybridized carbons (Fsp3) is 0.217. The van der Waals surface area contributed by atoms with Gasteiger partial charge in [0.2, 0.25) is 5.76 Å². The van der Waals surface area contributed by atoms with Crippen LogP contribution in [0.2, 0.25) is 0 Å². The van der Waals surface area contributed by atoms with Crippen LogP contribution in [0.1, 0.15) is 28.6 Å². The molecular formula is C23H20F2O7. The summed E-state index contributed by atoms with van der Waals surface area (Å²) in [4.78, 5) is 24.4. The molecule has 0 saturated carbocycles. The molecule has 1 heterocycles. The van der Waals surface area contributed by atoms with Crippen molar-refractivity contribution in [3.05, 3.63) is 65.4 Å². The van der Waals surface area contributed by atoms with Crippen molar-refractivity contribution >= 4 is 29.0 Å². The molecule has 0 saturated heterocycles. The van der Waals surface area contributed by atoms with Gasteiger partial charge in [-0.3, -0.25) is 0 Å². The Bertz CT molecular complexity index is 1130. The first-order valence-corrected chi connectivity index (χ1v) is 9.58. The van der Waals surface area contributed by atoms with Crippen LogP contribution >= 0.6 is 0 Å². The van der Waals surface area contributed by atoms with Gasteiger partial charge in [-0.05, 0) is 36.8 Å². The number of furan rings is 1. The van der Waals surface area contributed by atoms with Gasteiger partial charge < -0.3 is 23.4 Å². The van der Waals surface area contributed by atoms with Crippen LogP contribution in [0.5, 0.6) is 11.5 Å². The van der Waals surface area contributed by atoms with Crippen molar-refractivity contribution in [1.29, 1.82) is 0 Å². The minimum atomic E-state index is -2.99. The second-order valence-electron chi connectivity index (χ2n) is 6.36. The number of hydrogen-bond acceptors (Lipinski definition) is 7. The Labute approximate surface area is 182 Å². The fourth-order valence-electron chi connectivity index (χ4n) is 2.94. The van der Waals surface area contributed by atoms with Gasteiger partial charge in [-0.1, -0.05) is 24.3 Å². The summed E-state index contributed by atoms with van der Waals surface area (Å²) in [6.07, 6.45) is 2.59. The zero-order chi connectivity index (χ0) is 23.1. The number of ether oxygens (including phenoxy) is 4. The highest BCUT2D eigenvalue weighted by Crippen LogP contribution is 2.30. The van der Waals surface area contributed by atoms with E-state index in [0.29, 0.717) is 22.1 Å². The van der Waals surface area contributed by atoms with Crippen molar-refractivity contribution in [2.24, 2.45) is 0 Å². The summed E-state index contributed by atoms with van der Waals surface area (Å²) >= 11 is 0. The van der Waals surface area contributed by atoms with Gasteiger partial charge in [0.25, 0.3) is 0 Å². The Balaban J connectivity index is 1.72. The first-order valence-electron chi connectivity index (χ1n) is 9.58. The quantitative estimate of drug-likeness (QED) is 0.339. The van der Waals surface area contributed by atoms with Crippen molar-refractivity contribution in [3.8, 4) is 11.5 Å². The van der Waals surface area contributed by atoms with E-state index in [4.69, 9.17) is 18.6 Å². The number of halogens is 2. The molecule has 0 fully saturated rings. The van der Waals surface area contributed by atoms with E-state index in [9.17, 15) is 18.4 Å². The predicted octanol–water partition coefficient (Wildman–Crippen LogP) is 4.98. The van der Waals surface area contributed by atoms with Gasteiger partial charge in [0, 0.05) is 11.5 Å². The third-order valence-corrected chi connectivity index (χ3v) is 4.33. The van der Waals surface area contributed by atoms with Gasteiger partial charge in [-0.2, -0.15) is 8.78 Å². The number of methoxy groups -OCH3 is 1. The first-order chi connectivity index (χ1) is 15.4. The Hall–Kier alpha value is -3.88. The molecule has 32 heavy (non-hydrogen) atoms. The van der Waals surface area contributed by atoms with Crippen molar-refractivity contribution in [3.63, 3.8) is 0 Å². The Morgan fingerprint density at radius 3 is 2.59 bits per heavy atom. The largest absolute Gasteiger partial charge is 0.493 e. The van der Waals surface area contributed by atoms with Crippen LogP contribution in [0.25, 0.3) is 17.0 Å². The van der Waals surface area contributed by atoms with E-state index in [1.807, 2.05) is 0 Å². The van der Waals surface area contributed by atoms with Crippen LogP contribution in [-0.4, -0.2) is 32.3 Å². The molecule has 3 rings (SSSR count). The molecule has 9 heteroatoms. The Morgan fingerprint density at radius 2 is 1.88 bits per heavy atom. The van der Waals surface area contributed by atoms with E-state index in [-0.39, 0.29) is 30.5 Å². The molecule has 168 valence electrons. The standard InChI is InChI=1S/C23H20F2O7/c1-3-29-22(27)21-16(15-6-4-5-7-17(15)31-21)13-30-20(26)11-9-14-8-10-18(32-23(24)25)19(12-14)28-2/h4-12,23H,3,13H2,1-2H3/b11-9+. The normalized spacial score (nSPS) is 11.2. The van der Waals surface area contributed by atoms with Gasteiger partial charge in [0.05, 0.1) is 19.3 Å². The smallest absolute Gasteiger partial charge is 0.387 e. The molecule has 0 aliphatic heterocycles. The lowest BCUT2D eigenvalue weighted by molar-refractivity contribution is -0.138. The van der Waals surface area contributed by atoms with Gasteiger partial charge in [0.1, 0.15) is 12.2 Å². The topological polar surface area (TPSA) is 84.2 Å². The molecule has 7 nitrogen and oxygen atoms in total. The summed E-state index contributed by atoms with van der Waals surface area (Å²) in [7, 11) is 1.31. The van der Waals surface area contributed by atoms with E-state index in [2.05, 4.69) is 4.74 Å². The minimum Gasteiger partial charge on any atom is -0.493 e. The van der Waals surface area contributed by atoms with Crippen LogP contribution in [0.3, 0.4) is 0 Å². The highest BCUT2D eigenvalue weighted by atomic mass is 19.3. The van der Waals surface area contributed by atoms with E-state index >= 15 is 0 Å². The molecule has 1 aromatic heterocycles. The van der Waals surface area contributed by atoms with Crippen LogP contribution in [0.4, 0.5) is 8.78 Å². The summed E-state index contributed by atoms with van der Waals surface area (Å²) in [5.74, 6) is -1.39. The number of carbonyl (C=O) groups excluding carboxylic acids is 2. The molecule has 0 N–H and O–H groups in total. The van der Waals surface area contributed by atoms with Crippen LogP contribution in [-0.2, 0) is 20.9 Å². The highest BCUT2D eigenvalue weighted by molar-refractivity contribution is 5.96. The molecule has 0 aliphatic carbocycles. The maximum atomic E-state index is 12.4. The van der Waals surface area contributed by atoms with Crippen LogP contribution < -0.4 is 9.47 Å². The number of rotatable bonds is 9. The number of alkyl halides is 2. The molecule has 0 spiro atoms. The summed E-state index contributed by atoms with van der Waals surface area (Å²) in [6.45, 7) is -1.35. The molecule has 0 unspecified atom stereocenters. The number of hydrogen-bond donors (Lipinski definition) is 0. The maximum absolute atomic E-state index is 12.4. The second-order valence-corrected chi connectivity index (χ2v) is 6.36. The number of carbonyl (C=O) groups is 2. The molecule has 0 bridgehead atoms. The summed E-state index contributed by atoms with van der Waals surface area (Å²) < 4.78 is 50.1. The number of esters is 2. The first kappa shape index (κ1) is 22.8. The van der Waals surface area contributed by atoms with Gasteiger partial charge >= 0.3 is 18.6 Å². The third kappa shape index (κ3) is 5.42. The fourth-order valence-corrected chi connectivity index (χ4v) is 2.94. The van der Waals surface area contributed by atoms with E-state index in [0.717, 1.165) is 6.08 Å². The van der Waals surface area contributed by atoms with Gasteiger partial charge in [0.15, 0.2) is 11.5 Å². The van der Waals surface area contributed by atoms with Gasteiger partial charge in [-0.25, -0.2) is 9.59 Å². The Kier molecular flexibility index (Phi) is 7.43. The zero-order valence-electron chi connectivity index (χ0n) is 17.3. The van der Waals surface area contributed by atoms with Crippen molar-refractivity contribution in [1.82, 2.24) is 0 Å². The van der Waals surface area contributed by atoms with E-state index in [1.54, 1.807) is 31.2 Å². The number of benzene rings is 2. The molecular weight excluding hydrogens is 426 g/mol. The lowest BCUT2D eigenvalue weighted by Gasteiger charge is -2.10. The SMILES string of the molecule is CCOC(=O)c1oc2ccccc2c1COC(=O)/C=C/c1ccc(OC(F)F)c(OC)c1. The van der Waals surface area contributed by atoms with Crippen molar-refractivity contribution < 1.29 is 41.7 Å². The number of para-hydroxylation sites is 1. The van der Waals surface area contributed by atoms with Crippen molar-refractivity contribution in [2.75, 3.05) is 13.7 Å². The Morgan fingerprint density at radius 1 is 1.09 bits per heavy atom. The molecule has 0 radical (unpaired) electrons. The molecule has 0 amide bonds. The van der Waals surface area contributed by atoms with Crippen molar-refractivity contribution in [2.45, 2.75) is 20.1 Å². The summed E-state index contributed by atoms with van der Waals surface area (Å²) in [6, 6.07) is 11.2. The highest BCUT2D eigenvalue weighted by Gasteiger charge is 2.22. The van der Waals surface area contributed by atoms with E-state index < -0.39 is 18.6 Å². The third-order valence-electron chi connectivity index (χ3n) is 4.33. The summed E-state index contributed by atoms with van der Waals surface area (Å²) in [5, 5.41) is 0.631. The van der Waals surface area contributed by atoms with Gasteiger partial charge in [-0.15, -0.1) is 0 Å². The molecule has 2 aromatic carbocycles. The van der Waals surface area contributed by atoms with Crippen LogP contribution in [0.15, 0.2) is 53.0 Å². The number of fused-ring (bicyclic) bond motifs is 1. The predicted molar refractivity (Wildman–Crippen MR) is 111 cm³/mol.